The Morgan fingerprint density at radius 3 is 1.87 bits per heavy atom. The highest BCUT2D eigenvalue weighted by Crippen LogP contribution is 2.51. The molecule has 0 N–H and O–H groups in total. The molecule has 0 saturated heterocycles. The van der Waals surface area contributed by atoms with Crippen molar-refractivity contribution in [3.05, 3.63) is 11.1 Å². The second-order valence-corrected chi connectivity index (χ2v) is 5.84. The average Bonchev–Trinajstić information content (AvgIpc) is 2.15. The van der Waals surface area contributed by atoms with Gasteiger partial charge in [0, 0.05) is 0 Å². The van der Waals surface area contributed by atoms with Gasteiger partial charge >= 0.3 is 0 Å². The molecule has 1 aliphatic rings. The monoisotopic (exact) mass is 210 g/mol. The van der Waals surface area contributed by atoms with Gasteiger partial charge in [0.05, 0.1) is 0 Å². The molecule has 1 atom stereocenters. The number of rotatable bonds is 0. The maximum Gasteiger partial charge on any atom is -0.00680 e. The Bertz CT molecular complexity index is 227. The molecule has 1 rings (SSSR count). The lowest BCUT2D eigenvalue weighted by Gasteiger charge is -2.46. The van der Waals surface area contributed by atoms with E-state index < -0.39 is 0 Å². The molecule has 0 aromatic rings. The van der Waals surface area contributed by atoms with Gasteiger partial charge in [-0.2, -0.15) is 0 Å². The minimum atomic E-state index is 0.402. The van der Waals surface area contributed by atoms with Crippen molar-refractivity contribution in [2.75, 3.05) is 0 Å². The minimum absolute atomic E-state index is 0.402. The third-order valence-electron chi connectivity index (χ3n) is 4.35. The lowest BCUT2D eigenvalue weighted by molar-refractivity contribution is 0.128. The molecule has 0 nitrogen and oxygen atoms in total. The van der Waals surface area contributed by atoms with Gasteiger partial charge in [0.25, 0.3) is 0 Å². The lowest BCUT2D eigenvalue weighted by atomic mass is 9.58. The molecule has 0 aromatic carbocycles. The summed E-state index contributed by atoms with van der Waals surface area (Å²) in [6.07, 6.45) is 4.05. The van der Waals surface area contributed by atoms with Crippen molar-refractivity contribution in [3.63, 3.8) is 0 Å². The molecular formula is C15H30. The van der Waals surface area contributed by atoms with Gasteiger partial charge in [0.2, 0.25) is 0 Å². The summed E-state index contributed by atoms with van der Waals surface area (Å²) in [7, 11) is 0. The molecule has 1 unspecified atom stereocenters. The Morgan fingerprint density at radius 2 is 1.53 bits per heavy atom. The van der Waals surface area contributed by atoms with Gasteiger partial charge in [-0.3, -0.25) is 0 Å². The lowest BCUT2D eigenvalue weighted by Crippen LogP contribution is -2.36. The van der Waals surface area contributed by atoms with Gasteiger partial charge in [0.15, 0.2) is 0 Å². The molecule has 0 aromatic heterocycles. The number of hydrogen-bond donors (Lipinski definition) is 0. The van der Waals surface area contributed by atoms with Crippen molar-refractivity contribution in [1.82, 2.24) is 0 Å². The normalized spacial score (nSPS) is 27.2. The molecular weight excluding hydrogens is 180 g/mol. The fourth-order valence-corrected chi connectivity index (χ4v) is 2.49. The smallest absolute Gasteiger partial charge is 0.00680 e. The van der Waals surface area contributed by atoms with E-state index in [0.717, 1.165) is 0 Å². The molecule has 0 radical (unpaired) electrons. The van der Waals surface area contributed by atoms with E-state index in [2.05, 4.69) is 41.5 Å². The van der Waals surface area contributed by atoms with Crippen LogP contribution in [0.15, 0.2) is 11.1 Å². The fraction of sp³-hybridized carbons (Fsp3) is 0.867. The topological polar surface area (TPSA) is 0 Å². The van der Waals surface area contributed by atoms with Gasteiger partial charge in [0.1, 0.15) is 0 Å². The van der Waals surface area contributed by atoms with Crippen LogP contribution in [0.2, 0.25) is 0 Å². The quantitative estimate of drug-likeness (QED) is 0.457. The van der Waals surface area contributed by atoms with E-state index in [4.69, 9.17) is 0 Å². The van der Waals surface area contributed by atoms with Crippen LogP contribution in [0.3, 0.4) is 0 Å². The fourth-order valence-electron chi connectivity index (χ4n) is 2.49. The van der Waals surface area contributed by atoms with Crippen molar-refractivity contribution < 1.29 is 0 Å². The van der Waals surface area contributed by atoms with Crippen LogP contribution >= 0.6 is 0 Å². The zero-order valence-electron chi connectivity index (χ0n) is 12.1. The summed E-state index contributed by atoms with van der Waals surface area (Å²) in [6, 6.07) is 0. The summed E-state index contributed by atoms with van der Waals surface area (Å²) < 4.78 is 0. The molecule has 0 bridgehead atoms. The second-order valence-electron chi connectivity index (χ2n) is 5.84. The van der Waals surface area contributed by atoms with E-state index in [1.807, 2.05) is 13.8 Å². The van der Waals surface area contributed by atoms with Crippen LogP contribution < -0.4 is 0 Å². The predicted molar refractivity (Wildman–Crippen MR) is 71.1 cm³/mol. The van der Waals surface area contributed by atoms with Gasteiger partial charge in [-0.05, 0) is 43.9 Å². The summed E-state index contributed by atoms with van der Waals surface area (Å²) >= 11 is 0. The van der Waals surface area contributed by atoms with Crippen molar-refractivity contribution in [1.29, 1.82) is 0 Å². The summed E-state index contributed by atoms with van der Waals surface area (Å²) in [4.78, 5) is 0. The average molecular weight is 210 g/mol. The van der Waals surface area contributed by atoms with Gasteiger partial charge in [-0.25, -0.2) is 0 Å². The molecule has 0 fully saturated rings. The Balaban J connectivity index is 0.000000921. The summed E-state index contributed by atoms with van der Waals surface area (Å²) in [5, 5.41) is 0. The Morgan fingerprint density at radius 1 is 1.07 bits per heavy atom. The first kappa shape index (κ1) is 14.7. The summed E-state index contributed by atoms with van der Waals surface area (Å²) in [5.41, 5.74) is 4.10. The highest BCUT2D eigenvalue weighted by molar-refractivity contribution is 5.23. The highest BCUT2D eigenvalue weighted by atomic mass is 14.4. The SMILES string of the molecule is CC.CC1=C(C)C(C)(C(C)(C)C)CCC1. The van der Waals surface area contributed by atoms with Crippen molar-refractivity contribution >= 4 is 0 Å². The second kappa shape index (κ2) is 5.18. The number of allylic oxidation sites excluding steroid dienone is 2. The molecule has 0 spiro atoms. The molecule has 0 heterocycles. The third-order valence-corrected chi connectivity index (χ3v) is 4.35. The largest absolute Gasteiger partial charge is 0.0738 e. The Hall–Kier alpha value is -0.260. The number of hydrogen-bond acceptors (Lipinski definition) is 0. The molecule has 0 heteroatoms. The van der Waals surface area contributed by atoms with Crippen molar-refractivity contribution in [2.24, 2.45) is 10.8 Å². The highest BCUT2D eigenvalue weighted by Gasteiger charge is 2.40. The molecule has 90 valence electrons. The zero-order chi connectivity index (χ0) is 12.3. The molecule has 1 aliphatic carbocycles. The van der Waals surface area contributed by atoms with E-state index in [9.17, 15) is 0 Å². The van der Waals surface area contributed by atoms with E-state index in [1.165, 1.54) is 19.3 Å². The van der Waals surface area contributed by atoms with Gasteiger partial charge in [-0.15, -0.1) is 0 Å². The first-order valence-electron chi connectivity index (χ1n) is 6.46. The third kappa shape index (κ3) is 2.86. The van der Waals surface area contributed by atoms with E-state index in [0.29, 0.717) is 10.8 Å². The first-order chi connectivity index (χ1) is 6.79. The molecule has 0 aliphatic heterocycles. The van der Waals surface area contributed by atoms with Crippen LogP contribution in [-0.2, 0) is 0 Å². The molecule has 0 saturated carbocycles. The van der Waals surface area contributed by atoms with E-state index in [1.54, 1.807) is 11.1 Å². The zero-order valence-corrected chi connectivity index (χ0v) is 12.1. The first-order valence-corrected chi connectivity index (χ1v) is 6.46. The molecule has 15 heavy (non-hydrogen) atoms. The van der Waals surface area contributed by atoms with Gasteiger partial charge in [-0.1, -0.05) is 52.7 Å². The van der Waals surface area contributed by atoms with Gasteiger partial charge < -0.3 is 0 Å². The van der Waals surface area contributed by atoms with Crippen LogP contribution in [-0.4, -0.2) is 0 Å². The Labute approximate surface area is 97.2 Å². The van der Waals surface area contributed by atoms with Crippen LogP contribution in [0.1, 0.15) is 74.7 Å². The van der Waals surface area contributed by atoms with Crippen LogP contribution in [0.4, 0.5) is 0 Å². The predicted octanol–water partition coefficient (Wildman–Crippen LogP) is 5.59. The van der Waals surface area contributed by atoms with Crippen LogP contribution in [0, 0.1) is 10.8 Å². The van der Waals surface area contributed by atoms with Crippen molar-refractivity contribution in [3.8, 4) is 0 Å². The standard InChI is InChI=1S/C13H24.C2H6/c1-10-8-7-9-13(6,11(10)2)12(3,4)5;1-2/h7-9H2,1-6H3;1-2H3. The minimum Gasteiger partial charge on any atom is -0.0738 e. The van der Waals surface area contributed by atoms with E-state index >= 15 is 0 Å². The van der Waals surface area contributed by atoms with Crippen LogP contribution in [0.25, 0.3) is 0 Å². The maximum atomic E-state index is 2.44. The van der Waals surface area contributed by atoms with Crippen LogP contribution in [0.5, 0.6) is 0 Å². The summed E-state index contributed by atoms with van der Waals surface area (Å²) in [6.45, 7) is 18.2. The summed E-state index contributed by atoms with van der Waals surface area (Å²) in [5.74, 6) is 0. The van der Waals surface area contributed by atoms with Crippen molar-refractivity contribution in [2.45, 2.75) is 74.7 Å². The Kier molecular flexibility index (Phi) is 5.09. The maximum absolute atomic E-state index is 2.44. The van der Waals surface area contributed by atoms with E-state index in [-0.39, 0.29) is 0 Å². The molecule has 0 amide bonds.